The molecule has 0 bridgehead atoms. The molecule has 3 heteroatoms. The summed E-state index contributed by atoms with van der Waals surface area (Å²) in [5.41, 5.74) is 5.70. The molecule has 2 rings (SSSR count). The van der Waals surface area contributed by atoms with Gasteiger partial charge in [-0.05, 0) is 62.1 Å². The van der Waals surface area contributed by atoms with Crippen LogP contribution < -0.4 is 5.32 Å². The second kappa shape index (κ2) is 7.89. The number of thioether (sulfide) groups is 1. The monoisotopic (exact) mass is 341 g/mol. The van der Waals surface area contributed by atoms with Gasteiger partial charge in [0.05, 0.1) is 11.6 Å². The van der Waals surface area contributed by atoms with Crippen molar-refractivity contribution < 1.29 is 4.79 Å². The van der Waals surface area contributed by atoms with Gasteiger partial charge in [-0.2, -0.15) is 0 Å². The van der Waals surface area contributed by atoms with Gasteiger partial charge in [-0.3, -0.25) is 4.79 Å². The highest BCUT2D eigenvalue weighted by molar-refractivity contribution is 8.00. The zero-order valence-corrected chi connectivity index (χ0v) is 16.3. The highest BCUT2D eigenvalue weighted by Crippen LogP contribution is 2.27. The number of amides is 1. The molecule has 1 amide bonds. The van der Waals surface area contributed by atoms with Gasteiger partial charge in [-0.15, -0.1) is 11.8 Å². The van der Waals surface area contributed by atoms with Gasteiger partial charge in [0.25, 0.3) is 5.91 Å². The van der Waals surface area contributed by atoms with Gasteiger partial charge >= 0.3 is 0 Å². The number of aryl methyl sites for hydroxylation is 3. The molecule has 1 N–H and O–H groups in total. The van der Waals surface area contributed by atoms with Crippen LogP contribution in [0.25, 0.3) is 0 Å². The third-order valence-corrected chi connectivity index (χ3v) is 5.27. The Morgan fingerprint density at radius 3 is 2.25 bits per heavy atom. The van der Waals surface area contributed by atoms with Crippen LogP contribution >= 0.6 is 11.8 Å². The van der Waals surface area contributed by atoms with E-state index in [0.717, 1.165) is 10.5 Å². The molecular weight excluding hydrogens is 314 g/mol. The molecule has 0 aromatic heterocycles. The van der Waals surface area contributed by atoms with Crippen LogP contribution in [0.15, 0.2) is 41.3 Å². The molecule has 0 radical (unpaired) electrons. The van der Waals surface area contributed by atoms with Crippen LogP contribution in [0.4, 0.5) is 0 Å². The molecular formula is C21H27NOS. The highest BCUT2D eigenvalue weighted by atomic mass is 32.2. The Balaban J connectivity index is 2.22. The van der Waals surface area contributed by atoms with Crippen molar-refractivity contribution in [3.8, 4) is 0 Å². The van der Waals surface area contributed by atoms with Crippen LogP contribution in [0.2, 0.25) is 0 Å². The molecule has 0 saturated heterocycles. The number of nitrogens with one attached hydrogen (secondary N) is 1. The molecule has 2 aromatic carbocycles. The number of hydrogen-bond acceptors (Lipinski definition) is 2. The number of benzene rings is 2. The van der Waals surface area contributed by atoms with Gasteiger partial charge in [0.2, 0.25) is 0 Å². The first-order valence-corrected chi connectivity index (χ1v) is 9.32. The molecule has 0 aliphatic carbocycles. The average molecular weight is 342 g/mol. The SMILES string of the molecule is Cc1cc(C)c([C@@H](C)NC(=O)c2ccccc2SC(C)C)cc1C. The van der Waals surface area contributed by atoms with Gasteiger partial charge < -0.3 is 5.32 Å². The Kier molecular flexibility index (Phi) is 6.11. The van der Waals surface area contributed by atoms with E-state index >= 15 is 0 Å². The summed E-state index contributed by atoms with van der Waals surface area (Å²) in [6.45, 7) is 12.7. The lowest BCUT2D eigenvalue weighted by molar-refractivity contribution is 0.0937. The third kappa shape index (κ3) is 4.41. The minimum atomic E-state index is -0.0195. The largest absolute Gasteiger partial charge is 0.345 e. The molecule has 2 nitrogen and oxygen atoms in total. The molecule has 0 aliphatic heterocycles. The molecule has 0 unspecified atom stereocenters. The molecule has 1 atom stereocenters. The van der Waals surface area contributed by atoms with Crippen molar-refractivity contribution in [2.24, 2.45) is 0 Å². The molecule has 2 aromatic rings. The fraction of sp³-hybridized carbons (Fsp3) is 0.381. The van der Waals surface area contributed by atoms with E-state index in [1.807, 2.05) is 31.2 Å². The fourth-order valence-electron chi connectivity index (χ4n) is 2.81. The second-order valence-electron chi connectivity index (χ2n) is 6.65. The van der Waals surface area contributed by atoms with Crippen LogP contribution in [-0.4, -0.2) is 11.2 Å². The normalized spacial score (nSPS) is 12.3. The van der Waals surface area contributed by atoms with E-state index in [9.17, 15) is 4.79 Å². The lowest BCUT2D eigenvalue weighted by atomic mass is 9.96. The van der Waals surface area contributed by atoms with Gasteiger partial charge in [0, 0.05) is 10.1 Å². The maximum absolute atomic E-state index is 12.8. The fourth-order valence-corrected chi connectivity index (χ4v) is 3.77. The van der Waals surface area contributed by atoms with Gasteiger partial charge in [0.15, 0.2) is 0 Å². The third-order valence-electron chi connectivity index (χ3n) is 4.19. The summed E-state index contributed by atoms with van der Waals surface area (Å²) in [6, 6.07) is 12.2. The van der Waals surface area contributed by atoms with E-state index in [1.165, 1.54) is 22.3 Å². The predicted molar refractivity (Wildman–Crippen MR) is 104 cm³/mol. The quantitative estimate of drug-likeness (QED) is 0.717. The van der Waals surface area contributed by atoms with Crippen LogP contribution in [0.5, 0.6) is 0 Å². The molecule has 24 heavy (non-hydrogen) atoms. The Morgan fingerprint density at radius 2 is 1.58 bits per heavy atom. The highest BCUT2D eigenvalue weighted by Gasteiger charge is 2.17. The van der Waals surface area contributed by atoms with Crippen molar-refractivity contribution in [1.82, 2.24) is 5.32 Å². The minimum absolute atomic E-state index is 0.0103. The van der Waals surface area contributed by atoms with E-state index in [0.29, 0.717) is 5.25 Å². The molecule has 0 aliphatic rings. The number of rotatable bonds is 5. The van der Waals surface area contributed by atoms with Crippen molar-refractivity contribution in [2.75, 3.05) is 0 Å². The minimum Gasteiger partial charge on any atom is -0.345 e. The lowest BCUT2D eigenvalue weighted by Gasteiger charge is -2.19. The Bertz CT molecular complexity index is 737. The first kappa shape index (κ1) is 18.6. The van der Waals surface area contributed by atoms with Crippen molar-refractivity contribution in [2.45, 2.75) is 57.7 Å². The summed E-state index contributed by atoms with van der Waals surface area (Å²) in [5, 5.41) is 3.60. The van der Waals surface area contributed by atoms with Crippen molar-refractivity contribution in [3.63, 3.8) is 0 Å². The Hall–Kier alpha value is -1.74. The van der Waals surface area contributed by atoms with E-state index in [-0.39, 0.29) is 11.9 Å². The van der Waals surface area contributed by atoms with Crippen molar-refractivity contribution in [3.05, 3.63) is 64.2 Å². The van der Waals surface area contributed by atoms with Crippen LogP contribution in [0.1, 0.15) is 59.4 Å². The molecule has 128 valence electrons. The Morgan fingerprint density at radius 1 is 0.958 bits per heavy atom. The smallest absolute Gasteiger partial charge is 0.252 e. The molecule has 0 spiro atoms. The van der Waals surface area contributed by atoms with Gasteiger partial charge in [-0.25, -0.2) is 0 Å². The Labute approximate surface area is 150 Å². The zero-order chi connectivity index (χ0) is 17.9. The number of carbonyl (C=O) groups is 1. The van der Waals surface area contributed by atoms with E-state index in [1.54, 1.807) is 11.8 Å². The van der Waals surface area contributed by atoms with Gasteiger partial charge in [-0.1, -0.05) is 38.1 Å². The number of carbonyl (C=O) groups excluding carboxylic acids is 1. The molecule has 0 heterocycles. The molecule has 0 saturated carbocycles. The summed E-state index contributed by atoms with van der Waals surface area (Å²) in [7, 11) is 0. The topological polar surface area (TPSA) is 29.1 Å². The summed E-state index contributed by atoms with van der Waals surface area (Å²) in [5.74, 6) is -0.0103. The summed E-state index contributed by atoms with van der Waals surface area (Å²) in [4.78, 5) is 13.8. The van der Waals surface area contributed by atoms with Gasteiger partial charge in [0.1, 0.15) is 0 Å². The van der Waals surface area contributed by atoms with Crippen LogP contribution in [0.3, 0.4) is 0 Å². The van der Waals surface area contributed by atoms with E-state index in [4.69, 9.17) is 0 Å². The van der Waals surface area contributed by atoms with E-state index in [2.05, 4.69) is 52.1 Å². The standard InChI is InChI=1S/C21H27NOS/c1-13(2)24-20-10-8-7-9-18(20)21(23)22-17(6)19-12-15(4)14(3)11-16(19)5/h7-13,17H,1-6H3,(H,22,23)/t17-/m1/s1. The second-order valence-corrected chi connectivity index (χ2v) is 8.27. The van der Waals surface area contributed by atoms with Crippen LogP contribution in [-0.2, 0) is 0 Å². The maximum Gasteiger partial charge on any atom is 0.252 e. The zero-order valence-electron chi connectivity index (χ0n) is 15.4. The van der Waals surface area contributed by atoms with E-state index < -0.39 is 0 Å². The van der Waals surface area contributed by atoms with Crippen molar-refractivity contribution in [1.29, 1.82) is 0 Å². The summed E-state index contributed by atoms with van der Waals surface area (Å²) < 4.78 is 0. The molecule has 0 fully saturated rings. The lowest BCUT2D eigenvalue weighted by Crippen LogP contribution is -2.27. The first-order valence-electron chi connectivity index (χ1n) is 8.44. The first-order chi connectivity index (χ1) is 11.3. The number of hydrogen-bond donors (Lipinski definition) is 1. The maximum atomic E-state index is 12.8. The summed E-state index contributed by atoms with van der Waals surface area (Å²) >= 11 is 1.72. The van der Waals surface area contributed by atoms with Crippen LogP contribution in [0, 0.1) is 20.8 Å². The predicted octanol–water partition coefficient (Wildman–Crippen LogP) is 5.60. The van der Waals surface area contributed by atoms with Crippen molar-refractivity contribution >= 4 is 17.7 Å². The summed E-state index contributed by atoms with van der Waals surface area (Å²) in [6.07, 6.45) is 0. The average Bonchev–Trinajstić information content (AvgIpc) is 2.50.